The van der Waals surface area contributed by atoms with Gasteiger partial charge in [-0.1, -0.05) is 36.8 Å². The summed E-state index contributed by atoms with van der Waals surface area (Å²) in [5.74, 6) is -0.0899. The highest BCUT2D eigenvalue weighted by molar-refractivity contribution is 5.96. The largest absolute Gasteiger partial charge is 0.466 e. The molecule has 1 aromatic carbocycles. The van der Waals surface area contributed by atoms with Crippen molar-refractivity contribution in [1.29, 1.82) is 0 Å². The van der Waals surface area contributed by atoms with Crippen molar-refractivity contribution >= 4 is 11.8 Å². The van der Waals surface area contributed by atoms with Crippen molar-refractivity contribution in [2.45, 2.75) is 33.6 Å². The summed E-state index contributed by atoms with van der Waals surface area (Å²) in [6.45, 7) is 5.69. The molecule has 0 saturated carbocycles. The minimum atomic E-state index is -0.295. The second-order valence-electron chi connectivity index (χ2n) is 4.57. The summed E-state index contributed by atoms with van der Waals surface area (Å²) in [7, 11) is 0. The average Bonchev–Trinajstić information content (AvgIpc) is 2.34. The topological polar surface area (TPSA) is 43.4 Å². The van der Waals surface area contributed by atoms with E-state index in [1.54, 1.807) is 0 Å². The lowest BCUT2D eigenvalue weighted by Gasteiger charge is -2.13. The van der Waals surface area contributed by atoms with Gasteiger partial charge in [0.2, 0.25) is 0 Å². The smallest absolute Gasteiger partial charge is 0.302 e. The van der Waals surface area contributed by atoms with Crippen LogP contribution in [0.15, 0.2) is 24.3 Å². The molecular formula is C15H20O3. The number of rotatable bonds is 6. The van der Waals surface area contributed by atoms with E-state index >= 15 is 0 Å². The molecule has 0 aliphatic heterocycles. The lowest BCUT2D eigenvalue weighted by molar-refractivity contribution is -0.142. The van der Waals surface area contributed by atoms with Crippen LogP contribution in [0.4, 0.5) is 0 Å². The molecule has 1 rings (SSSR count). The highest BCUT2D eigenvalue weighted by Crippen LogP contribution is 2.14. The van der Waals surface area contributed by atoms with Gasteiger partial charge in [0.15, 0.2) is 5.78 Å². The third-order valence-corrected chi connectivity index (χ3v) is 2.95. The summed E-state index contributed by atoms with van der Waals surface area (Å²) in [6, 6.07) is 7.55. The zero-order valence-electron chi connectivity index (χ0n) is 11.2. The van der Waals surface area contributed by atoms with Gasteiger partial charge in [-0.05, 0) is 13.3 Å². The van der Waals surface area contributed by atoms with E-state index in [1.807, 2.05) is 38.1 Å². The molecule has 0 amide bonds. The van der Waals surface area contributed by atoms with Crippen molar-refractivity contribution in [2.24, 2.45) is 5.92 Å². The summed E-state index contributed by atoms with van der Waals surface area (Å²) in [4.78, 5) is 22.8. The Kier molecular flexibility index (Phi) is 5.56. The van der Waals surface area contributed by atoms with Crippen molar-refractivity contribution in [2.75, 3.05) is 6.61 Å². The fourth-order valence-electron chi connectivity index (χ4n) is 1.68. The highest BCUT2D eigenvalue weighted by atomic mass is 16.5. The van der Waals surface area contributed by atoms with Crippen LogP contribution >= 0.6 is 0 Å². The molecule has 1 atom stereocenters. The molecule has 3 heteroatoms. The number of carbonyl (C=O) groups is 2. The second-order valence-corrected chi connectivity index (χ2v) is 4.57. The Morgan fingerprint density at radius 1 is 1.22 bits per heavy atom. The molecule has 0 heterocycles. The van der Waals surface area contributed by atoms with Gasteiger partial charge in [-0.2, -0.15) is 0 Å². The summed E-state index contributed by atoms with van der Waals surface area (Å²) in [5.41, 5.74) is 1.86. The molecule has 98 valence electrons. The Bertz CT molecular complexity index is 406. The number of carbonyl (C=O) groups excluding carboxylic acids is 2. The fourth-order valence-corrected chi connectivity index (χ4v) is 1.68. The first-order valence-corrected chi connectivity index (χ1v) is 6.26. The van der Waals surface area contributed by atoms with E-state index in [4.69, 9.17) is 4.74 Å². The molecule has 1 aromatic rings. The molecule has 0 radical (unpaired) electrons. The number of esters is 1. The van der Waals surface area contributed by atoms with Crippen LogP contribution in [0, 0.1) is 12.8 Å². The number of benzene rings is 1. The number of ketones is 1. The molecular weight excluding hydrogens is 228 g/mol. The second kappa shape index (κ2) is 6.94. The van der Waals surface area contributed by atoms with Gasteiger partial charge < -0.3 is 4.74 Å². The van der Waals surface area contributed by atoms with Crippen LogP contribution in [-0.4, -0.2) is 18.4 Å². The average molecular weight is 248 g/mol. The summed E-state index contributed by atoms with van der Waals surface area (Å²) in [5, 5.41) is 0. The van der Waals surface area contributed by atoms with Gasteiger partial charge in [-0.15, -0.1) is 0 Å². The molecule has 18 heavy (non-hydrogen) atoms. The van der Waals surface area contributed by atoms with E-state index in [-0.39, 0.29) is 17.7 Å². The minimum absolute atomic E-state index is 0.0997. The molecule has 0 saturated heterocycles. The monoisotopic (exact) mass is 248 g/mol. The third-order valence-electron chi connectivity index (χ3n) is 2.95. The summed E-state index contributed by atoms with van der Waals surface area (Å²) >= 11 is 0. The number of aryl methyl sites for hydroxylation is 1. The molecule has 3 nitrogen and oxygen atoms in total. The van der Waals surface area contributed by atoms with Gasteiger partial charge in [-0.3, -0.25) is 9.59 Å². The van der Waals surface area contributed by atoms with E-state index in [0.717, 1.165) is 17.5 Å². The lowest BCUT2D eigenvalue weighted by Crippen LogP contribution is -2.16. The molecule has 0 aliphatic rings. The zero-order valence-corrected chi connectivity index (χ0v) is 11.2. The molecule has 1 unspecified atom stereocenters. The van der Waals surface area contributed by atoms with Crippen molar-refractivity contribution in [3.63, 3.8) is 0 Å². The number of Topliss-reactive ketones (excluding diaryl/α,β-unsaturated/α-hetero) is 1. The van der Waals surface area contributed by atoms with Crippen LogP contribution in [0.3, 0.4) is 0 Å². The Morgan fingerprint density at radius 3 is 2.33 bits per heavy atom. The molecule has 0 aliphatic carbocycles. The third kappa shape index (κ3) is 4.70. The number of hydrogen-bond acceptors (Lipinski definition) is 3. The van der Waals surface area contributed by atoms with E-state index in [9.17, 15) is 9.59 Å². The van der Waals surface area contributed by atoms with Gasteiger partial charge in [-0.25, -0.2) is 0 Å². The van der Waals surface area contributed by atoms with Crippen molar-refractivity contribution in [3.05, 3.63) is 35.4 Å². The Labute approximate surface area is 108 Å². The van der Waals surface area contributed by atoms with Crippen LogP contribution in [0.1, 0.15) is 42.6 Å². The maximum absolute atomic E-state index is 12.0. The van der Waals surface area contributed by atoms with Gasteiger partial charge in [0.05, 0.1) is 6.61 Å². The Hall–Kier alpha value is -1.64. The maximum Gasteiger partial charge on any atom is 0.302 e. The predicted molar refractivity (Wildman–Crippen MR) is 70.5 cm³/mol. The fraction of sp³-hybridized carbons (Fsp3) is 0.467. The number of hydrogen-bond donors (Lipinski definition) is 0. The quantitative estimate of drug-likeness (QED) is 0.573. The first-order valence-electron chi connectivity index (χ1n) is 6.26. The van der Waals surface area contributed by atoms with Crippen molar-refractivity contribution < 1.29 is 14.3 Å². The van der Waals surface area contributed by atoms with E-state index < -0.39 is 0 Å². The SMILES string of the molecule is CCC(COC(C)=O)CC(=O)c1ccc(C)cc1. The van der Waals surface area contributed by atoms with Crippen LogP contribution < -0.4 is 0 Å². The Balaban J connectivity index is 2.56. The molecule has 0 aromatic heterocycles. The molecule has 0 bridgehead atoms. The Morgan fingerprint density at radius 2 is 1.83 bits per heavy atom. The summed E-state index contributed by atoms with van der Waals surface area (Å²) in [6.07, 6.45) is 1.25. The van der Waals surface area contributed by atoms with E-state index in [0.29, 0.717) is 13.0 Å². The van der Waals surface area contributed by atoms with Gasteiger partial charge >= 0.3 is 5.97 Å². The predicted octanol–water partition coefficient (Wildman–Crippen LogP) is 3.16. The first-order chi connectivity index (χ1) is 8.52. The first kappa shape index (κ1) is 14.4. The molecule has 0 fully saturated rings. The zero-order chi connectivity index (χ0) is 13.5. The normalized spacial score (nSPS) is 11.9. The summed E-state index contributed by atoms with van der Waals surface area (Å²) < 4.78 is 4.96. The lowest BCUT2D eigenvalue weighted by atomic mass is 9.96. The standard InChI is InChI=1S/C15H20O3/c1-4-13(10-18-12(3)16)9-15(17)14-7-5-11(2)6-8-14/h5-8,13H,4,9-10H2,1-3H3. The maximum atomic E-state index is 12.0. The van der Waals surface area contributed by atoms with Crippen LogP contribution in [0.25, 0.3) is 0 Å². The van der Waals surface area contributed by atoms with Gasteiger partial charge in [0, 0.05) is 24.8 Å². The van der Waals surface area contributed by atoms with Crippen LogP contribution in [0.2, 0.25) is 0 Å². The van der Waals surface area contributed by atoms with Crippen molar-refractivity contribution in [3.8, 4) is 0 Å². The van der Waals surface area contributed by atoms with Crippen molar-refractivity contribution in [1.82, 2.24) is 0 Å². The van der Waals surface area contributed by atoms with Crippen LogP contribution in [-0.2, 0) is 9.53 Å². The molecule has 0 spiro atoms. The van der Waals surface area contributed by atoms with Crippen LogP contribution in [0.5, 0.6) is 0 Å². The van der Waals surface area contributed by atoms with Gasteiger partial charge in [0.1, 0.15) is 0 Å². The van der Waals surface area contributed by atoms with E-state index in [1.165, 1.54) is 6.92 Å². The highest BCUT2D eigenvalue weighted by Gasteiger charge is 2.15. The van der Waals surface area contributed by atoms with E-state index in [2.05, 4.69) is 0 Å². The van der Waals surface area contributed by atoms with Gasteiger partial charge in [0.25, 0.3) is 0 Å². The minimum Gasteiger partial charge on any atom is -0.466 e. The number of ether oxygens (including phenoxy) is 1. The molecule has 0 N–H and O–H groups in total.